The molecule has 1 aliphatic carbocycles. The molecule has 0 bridgehead atoms. The van der Waals surface area contributed by atoms with E-state index in [4.69, 9.17) is 0 Å². The van der Waals surface area contributed by atoms with Crippen molar-refractivity contribution in [2.45, 2.75) is 79.0 Å². The van der Waals surface area contributed by atoms with Gasteiger partial charge in [0.25, 0.3) is 0 Å². The summed E-state index contributed by atoms with van der Waals surface area (Å²) < 4.78 is 27.4. The summed E-state index contributed by atoms with van der Waals surface area (Å²) in [6, 6.07) is 8.25. The third kappa shape index (κ3) is 7.20. The molecule has 0 saturated heterocycles. The van der Waals surface area contributed by atoms with E-state index in [1.54, 1.807) is 0 Å². The Morgan fingerprint density at radius 2 is 1.75 bits per heavy atom. The molecule has 3 atom stereocenters. The van der Waals surface area contributed by atoms with Gasteiger partial charge in [-0.15, -0.1) is 0 Å². The monoisotopic (exact) mass is 500 g/mol. The SMILES string of the molecule is CC(=O)N[C@@H](Cc1cc(F)cc(F)c1)[C@H](O)CN[C@H]1CC(C)(C)C(=O)c2ccc(CC(C)(C)C)cc21. The highest BCUT2D eigenvalue weighted by atomic mass is 19.1. The Bertz CT molecular complexity index is 1100. The lowest BCUT2D eigenvalue weighted by atomic mass is 9.70. The minimum atomic E-state index is -1.03. The number of aliphatic hydroxyl groups excluding tert-OH is 1. The molecule has 0 radical (unpaired) electrons. The zero-order valence-corrected chi connectivity index (χ0v) is 22.0. The molecule has 36 heavy (non-hydrogen) atoms. The summed E-state index contributed by atoms with van der Waals surface area (Å²) in [6.07, 6.45) is 0.465. The topological polar surface area (TPSA) is 78.4 Å². The van der Waals surface area contributed by atoms with Crippen LogP contribution in [0.3, 0.4) is 0 Å². The molecule has 1 amide bonds. The van der Waals surface area contributed by atoms with Crippen molar-refractivity contribution in [3.8, 4) is 0 Å². The van der Waals surface area contributed by atoms with Crippen LogP contribution in [0.2, 0.25) is 0 Å². The summed E-state index contributed by atoms with van der Waals surface area (Å²) in [6.45, 7) is 11.8. The normalized spacial score (nSPS) is 18.9. The van der Waals surface area contributed by atoms with Crippen LogP contribution in [0.25, 0.3) is 0 Å². The van der Waals surface area contributed by atoms with Crippen LogP contribution in [0, 0.1) is 22.5 Å². The van der Waals surface area contributed by atoms with Gasteiger partial charge in [-0.3, -0.25) is 9.59 Å². The maximum absolute atomic E-state index is 13.7. The zero-order valence-electron chi connectivity index (χ0n) is 22.0. The van der Waals surface area contributed by atoms with E-state index in [-0.39, 0.29) is 36.1 Å². The lowest BCUT2D eigenvalue weighted by Gasteiger charge is -2.37. The first kappa shape index (κ1) is 27.9. The second-order valence-corrected chi connectivity index (χ2v) is 11.9. The largest absolute Gasteiger partial charge is 0.390 e. The van der Waals surface area contributed by atoms with Gasteiger partial charge in [0.1, 0.15) is 11.6 Å². The average molecular weight is 501 g/mol. The molecule has 0 heterocycles. The molecule has 3 rings (SSSR count). The number of carbonyl (C=O) groups is 2. The maximum atomic E-state index is 13.7. The van der Waals surface area contributed by atoms with Crippen LogP contribution in [0.5, 0.6) is 0 Å². The molecule has 0 unspecified atom stereocenters. The Labute approximate surface area is 212 Å². The molecule has 2 aromatic carbocycles. The predicted octanol–water partition coefficient (Wildman–Crippen LogP) is 4.91. The second kappa shape index (κ2) is 10.8. The molecule has 2 aromatic rings. The fourth-order valence-corrected chi connectivity index (χ4v) is 5.02. The van der Waals surface area contributed by atoms with Gasteiger partial charge in [-0.25, -0.2) is 8.78 Å². The molecule has 1 aliphatic rings. The lowest BCUT2D eigenvalue weighted by molar-refractivity contribution is -0.120. The third-order valence-electron chi connectivity index (χ3n) is 6.60. The highest BCUT2D eigenvalue weighted by Gasteiger charge is 2.39. The van der Waals surface area contributed by atoms with E-state index in [1.165, 1.54) is 19.1 Å². The van der Waals surface area contributed by atoms with Crippen molar-refractivity contribution in [1.29, 1.82) is 0 Å². The summed E-state index contributed by atoms with van der Waals surface area (Å²) in [7, 11) is 0. The maximum Gasteiger partial charge on any atom is 0.217 e. The van der Waals surface area contributed by atoms with Crippen molar-refractivity contribution in [2.75, 3.05) is 6.54 Å². The highest BCUT2D eigenvalue weighted by Crippen LogP contribution is 2.41. The van der Waals surface area contributed by atoms with Crippen molar-refractivity contribution in [1.82, 2.24) is 10.6 Å². The van der Waals surface area contributed by atoms with Gasteiger partial charge in [0, 0.05) is 36.6 Å². The predicted molar refractivity (Wildman–Crippen MR) is 137 cm³/mol. The summed E-state index contributed by atoms with van der Waals surface area (Å²) in [5.74, 6) is -1.67. The Kier molecular flexibility index (Phi) is 8.36. The van der Waals surface area contributed by atoms with Crippen molar-refractivity contribution in [2.24, 2.45) is 10.8 Å². The molecule has 0 fully saturated rings. The smallest absolute Gasteiger partial charge is 0.217 e. The third-order valence-corrected chi connectivity index (χ3v) is 6.60. The van der Waals surface area contributed by atoms with Gasteiger partial charge in [-0.05, 0) is 53.5 Å². The molecule has 7 heteroatoms. The molecule has 0 aromatic heterocycles. The minimum absolute atomic E-state index is 0.0675. The summed E-state index contributed by atoms with van der Waals surface area (Å²) >= 11 is 0. The molecule has 0 saturated carbocycles. The summed E-state index contributed by atoms with van der Waals surface area (Å²) in [5, 5.41) is 17.1. The van der Waals surface area contributed by atoms with Gasteiger partial charge < -0.3 is 15.7 Å². The van der Waals surface area contributed by atoms with Gasteiger partial charge in [0.15, 0.2) is 5.78 Å². The number of benzene rings is 2. The van der Waals surface area contributed by atoms with E-state index in [0.717, 1.165) is 23.6 Å². The number of hydrogen-bond donors (Lipinski definition) is 3. The van der Waals surface area contributed by atoms with Crippen LogP contribution in [-0.2, 0) is 17.6 Å². The van der Waals surface area contributed by atoms with E-state index >= 15 is 0 Å². The molecule has 196 valence electrons. The fraction of sp³-hybridized carbons (Fsp3) is 0.517. The Balaban J connectivity index is 1.82. The number of hydrogen-bond acceptors (Lipinski definition) is 4. The van der Waals surface area contributed by atoms with Crippen LogP contribution in [0.1, 0.15) is 81.1 Å². The first-order valence-corrected chi connectivity index (χ1v) is 12.5. The first-order chi connectivity index (χ1) is 16.6. The first-order valence-electron chi connectivity index (χ1n) is 12.5. The van der Waals surface area contributed by atoms with Crippen LogP contribution in [0.15, 0.2) is 36.4 Å². The van der Waals surface area contributed by atoms with Gasteiger partial charge in [-0.2, -0.15) is 0 Å². The number of nitrogens with one attached hydrogen (secondary N) is 2. The number of Topliss-reactive ketones (excluding diaryl/α,β-unsaturated/α-hetero) is 1. The number of fused-ring (bicyclic) bond motifs is 1. The zero-order chi connectivity index (χ0) is 26.8. The number of aliphatic hydroxyl groups is 1. The summed E-state index contributed by atoms with van der Waals surface area (Å²) in [4.78, 5) is 24.9. The van der Waals surface area contributed by atoms with Crippen LogP contribution in [-0.4, -0.2) is 35.5 Å². The number of carbonyl (C=O) groups excluding carboxylic acids is 2. The number of halogens is 2. The molecule has 0 aliphatic heterocycles. The standard InChI is InChI=1S/C29H38F2N2O3/c1-17(34)33-24(12-19-9-20(30)13-21(31)10-19)26(35)16-32-25-15-29(5,6)27(36)22-8-7-18(11-23(22)25)14-28(2,3)4/h7-11,13,24-26,32,35H,12,14-16H2,1-6H3,(H,33,34)/t24-,25-,26+/m0/s1. The van der Waals surface area contributed by atoms with E-state index in [1.807, 2.05) is 26.0 Å². The lowest BCUT2D eigenvalue weighted by Crippen LogP contribution is -2.49. The van der Waals surface area contributed by atoms with E-state index < -0.39 is 29.2 Å². The second-order valence-electron chi connectivity index (χ2n) is 11.9. The van der Waals surface area contributed by atoms with E-state index in [9.17, 15) is 23.5 Å². The van der Waals surface area contributed by atoms with Gasteiger partial charge in [-0.1, -0.05) is 52.8 Å². The Hall–Kier alpha value is -2.64. The van der Waals surface area contributed by atoms with Crippen molar-refractivity contribution < 1.29 is 23.5 Å². The average Bonchev–Trinajstić information content (AvgIpc) is 2.72. The van der Waals surface area contributed by atoms with Gasteiger partial charge in [0.05, 0.1) is 12.1 Å². The number of rotatable bonds is 8. The van der Waals surface area contributed by atoms with Crippen LogP contribution >= 0.6 is 0 Å². The quantitative estimate of drug-likeness (QED) is 0.482. The minimum Gasteiger partial charge on any atom is -0.390 e. The number of ketones is 1. The molecule has 5 nitrogen and oxygen atoms in total. The van der Waals surface area contributed by atoms with Crippen molar-refractivity contribution in [3.63, 3.8) is 0 Å². The molecule has 0 spiro atoms. The molecular weight excluding hydrogens is 462 g/mol. The van der Waals surface area contributed by atoms with Crippen LogP contribution < -0.4 is 10.6 Å². The number of amides is 1. The van der Waals surface area contributed by atoms with Crippen LogP contribution in [0.4, 0.5) is 8.78 Å². The van der Waals surface area contributed by atoms with E-state index in [0.29, 0.717) is 17.5 Å². The summed E-state index contributed by atoms with van der Waals surface area (Å²) in [5.41, 5.74) is 2.60. The molecular formula is C29H38F2N2O3. The Morgan fingerprint density at radius 1 is 1.11 bits per heavy atom. The molecule has 3 N–H and O–H groups in total. The van der Waals surface area contributed by atoms with Crippen molar-refractivity contribution in [3.05, 3.63) is 70.3 Å². The van der Waals surface area contributed by atoms with Gasteiger partial charge in [0.2, 0.25) is 5.91 Å². The highest BCUT2D eigenvalue weighted by molar-refractivity contribution is 6.02. The van der Waals surface area contributed by atoms with Gasteiger partial charge >= 0.3 is 0 Å². The fourth-order valence-electron chi connectivity index (χ4n) is 5.02. The Morgan fingerprint density at radius 3 is 2.33 bits per heavy atom. The van der Waals surface area contributed by atoms with E-state index in [2.05, 4.69) is 37.5 Å². The van der Waals surface area contributed by atoms with Crippen molar-refractivity contribution >= 4 is 11.7 Å².